The van der Waals surface area contributed by atoms with Crippen molar-refractivity contribution in [2.75, 3.05) is 0 Å². The van der Waals surface area contributed by atoms with E-state index in [2.05, 4.69) is 59.9 Å². The van der Waals surface area contributed by atoms with Crippen molar-refractivity contribution >= 4 is 23.2 Å². The molecule has 1 aliphatic heterocycles. The lowest BCUT2D eigenvalue weighted by atomic mass is 9.93. The highest BCUT2D eigenvalue weighted by Gasteiger charge is 2.19. The van der Waals surface area contributed by atoms with E-state index in [-0.39, 0.29) is 0 Å². The van der Waals surface area contributed by atoms with Crippen molar-refractivity contribution in [2.45, 2.75) is 0 Å². The first-order valence-corrected chi connectivity index (χ1v) is 14.3. The predicted molar refractivity (Wildman–Crippen MR) is 177 cm³/mol. The molecule has 2 N–H and O–H groups in total. The molecule has 43 heavy (non-hydrogen) atoms. The van der Waals surface area contributed by atoms with Crippen molar-refractivity contribution < 1.29 is 0 Å². The number of aromatic nitrogens is 2. The van der Waals surface area contributed by atoms with Crippen molar-refractivity contribution in [3.8, 4) is 33.9 Å². The molecule has 7 rings (SSSR count). The quantitative estimate of drug-likeness (QED) is 0.203. The number of fused-ring (bicyclic) bond motifs is 1. The molecular formula is C39H28N4. The van der Waals surface area contributed by atoms with Crippen LogP contribution in [0.3, 0.4) is 0 Å². The number of nitrogens with zero attached hydrogens (tertiary/aromatic N) is 2. The second kappa shape index (κ2) is 11.6. The molecule has 0 atom stereocenters. The van der Waals surface area contributed by atoms with E-state index in [1.165, 1.54) is 0 Å². The van der Waals surface area contributed by atoms with Crippen LogP contribution in [0, 0.1) is 5.41 Å². The summed E-state index contributed by atoms with van der Waals surface area (Å²) in [7, 11) is 0. The van der Waals surface area contributed by atoms with Gasteiger partial charge in [0.1, 0.15) is 0 Å². The number of rotatable bonds is 6. The normalized spacial score (nSPS) is 13.1. The zero-order chi connectivity index (χ0) is 29.0. The Morgan fingerprint density at radius 1 is 0.558 bits per heavy atom. The van der Waals surface area contributed by atoms with Gasteiger partial charge in [-0.05, 0) is 41.0 Å². The first kappa shape index (κ1) is 26.1. The SMILES string of the molecule is N=C(/C=C1\NC(c2ccccc2)=Cc2ccc(-c3cc(-c4ccccc4)nc(-c4ccccc4)n3)cc21)c1ccccc1. The molecule has 0 spiro atoms. The van der Waals surface area contributed by atoms with E-state index in [0.29, 0.717) is 11.5 Å². The number of hydrogen-bond acceptors (Lipinski definition) is 4. The molecule has 0 amide bonds. The lowest BCUT2D eigenvalue weighted by Gasteiger charge is -2.23. The maximum Gasteiger partial charge on any atom is 0.160 e. The molecule has 5 aromatic carbocycles. The van der Waals surface area contributed by atoms with E-state index in [9.17, 15) is 0 Å². The molecule has 204 valence electrons. The maximum atomic E-state index is 8.89. The highest BCUT2D eigenvalue weighted by molar-refractivity contribution is 6.12. The van der Waals surface area contributed by atoms with Gasteiger partial charge >= 0.3 is 0 Å². The summed E-state index contributed by atoms with van der Waals surface area (Å²) in [6, 6.07) is 48.9. The zero-order valence-corrected chi connectivity index (χ0v) is 23.4. The van der Waals surface area contributed by atoms with Gasteiger partial charge in [0.2, 0.25) is 0 Å². The summed E-state index contributed by atoms with van der Waals surface area (Å²) >= 11 is 0. The molecule has 2 heterocycles. The third-order valence-electron chi connectivity index (χ3n) is 7.49. The monoisotopic (exact) mass is 552 g/mol. The van der Waals surface area contributed by atoms with Gasteiger partial charge in [0.05, 0.1) is 17.1 Å². The fourth-order valence-corrected chi connectivity index (χ4v) is 5.28. The van der Waals surface area contributed by atoms with Gasteiger partial charge in [-0.25, -0.2) is 9.97 Å². The number of benzene rings is 5. The van der Waals surface area contributed by atoms with E-state index < -0.39 is 0 Å². The lowest BCUT2D eigenvalue weighted by molar-refractivity contribution is 1.18. The summed E-state index contributed by atoms with van der Waals surface area (Å²) in [6.45, 7) is 0. The van der Waals surface area contributed by atoms with E-state index in [0.717, 1.165) is 61.7 Å². The molecule has 1 aliphatic rings. The summed E-state index contributed by atoms with van der Waals surface area (Å²) < 4.78 is 0. The molecule has 0 aliphatic carbocycles. The van der Waals surface area contributed by atoms with Crippen LogP contribution in [-0.4, -0.2) is 15.7 Å². The third kappa shape index (κ3) is 5.54. The topological polar surface area (TPSA) is 61.7 Å². The van der Waals surface area contributed by atoms with Crippen LogP contribution in [0.1, 0.15) is 22.3 Å². The molecule has 1 aromatic heterocycles. The summed E-state index contributed by atoms with van der Waals surface area (Å²) in [5.74, 6) is 0.681. The second-order valence-corrected chi connectivity index (χ2v) is 10.4. The largest absolute Gasteiger partial charge is 0.354 e. The third-order valence-corrected chi connectivity index (χ3v) is 7.49. The Morgan fingerprint density at radius 2 is 1.12 bits per heavy atom. The van der Waals surface area contributed by atoms with E-state index in [4.69, 9.17) is 15.4 Å². The van der Waals surface area contributed by atoms with Crippen LogP contribution in [-0.2, 0) is 0 Å². The minimum absolute atomic E-state index is 0.438. The Labute approximate surface area is 251 Å². The first-order valence-electron chi connectivity index (χ1n) is 14.3. The van der Waals surface area contributed by atoms with Gasteiger partial charge in [0.25, 0.3) is 0 Å². The fraction of sp³-hybridized carbons (Fsp3) is 0. The minimum atomic E-state index is 0.438. The van der Waals surface area contributed by atoms with Crippen molar-refractivity contribution in [2.24, 2.45) is 0 Å². The number of nitrogens with one attached hydrogen (secondary N) is 2. The van der Waals surface area contributed by atoms with Gasteiger partial charge in [-0.2, -0.15) is 0 Å². The Kier molecular flexibility index (Phi) is 7.00. The van der Waals surface area contributed by atoms with Crippen molar-refractivity contribution in [1.82, 2.24) is 15.3 Å². The van der Waals surface area contributed by atoms with Gasteiger partial charge in [-0.1, -0.05) is 133 Å². The highest BCUT2D eigenvalue weighted by Crippen LogP contribution is 2.34. The van der Waals surface area contributed by atoms with Crippen LogP contribution in [0.15, 0.2) is 152 Å². The zero-order valence-electron chi connectivity index (χ0n) is 23.4. The molecule has 6 aromatic rings. The Hall–Kier alpha value is -5.87. The first-order chi connectivity index (χ1) is 21.2. The van der Waals surface area contributed by atoms with Gasteiger partial charge in [0.15, 0.2) is 5.82 Å². The lowest BCUT2D eigenvalue weighted by Crippen LogP contribution is -2.17. The van der Waals surface area contributed by atoms with Crippen LogP contribution < -0.4 is 5.32 Å². The number of allylic oxidation sites excluding steroid dienone is 1. The van der Waals surface area contributed by atoms with Crippen LogP contribution in [0.25, 0.3) is 51.4 Å². The van der Waals surface area contributed by atoms with Gasteiger partial charge in [-0.15, -0.1) is 0 Å². The minimum Gasteiger partial charge on any atom is -0.354 e. The molecule has 0 radical (unpaired) electrons. The van der Waals surface area contributed by atoms with Crippen LogP contribution >= 0.6 is 0 Å². The molecular weight excluding hydrogens is 524 g/mol. The predicted octanol–water partition coefficient (Wildman–Crippen LogP) is 8.99. The van der Waals surface area contributed by atoms with Crippen molar-refractivity contribution in [1.29, 1.82) is 5.41 Å². The molecule has 0 bridgehead atoms. The van der Waals surface area contributed by atoms with Crippen molar-refractivity contribution in [3.63, 3.8) is 0 Å². The smallest absolute Gasteiger partial charge is 0.160 e. The van der Waals surface area contributed by atoms with Gasteiger partial charge in [-0.3, -0.25) is 0 Å². The van der Waals surface area contributed by atoms with E-state index >= 15 is 0 Å². The van der Waals surface area contributed by atoms with Gasteiger partial charge < -0.3 is 10.7 Å². The standard InChI is InChI=1S/C39H28N4/c40-34(27-13-5-1-6-14-27)25-38-33-23-32(22-21-31(33)24-35(41-38)28-15-7-2-8-16-28)37-26-36(29-17-9-3-10-18-29)42-39(43-37)30-19-11-4-12-20-30/h1-26,40-41H/b38-25-,40-34?. The van der Waals surface area contributed by atoms with Crippen LogP contribution in [0.4, 0.5) is 0 Å². The summed E-state index contributed by atoms with van der Waals surface area (Å²) in [5, 5.41) is 12.5. The average Bonchev–Trinajstić information content (AvgIpc) is 3.09. The fourth-order valence-electron chi connectivity index (χ4n) is 5.28. The van der Waals surface area contributed by atoms with E-state index in [1.54, 1.807) is 0 Å². The molecule has 0 fully saturated rings. The Bertz CT molecular complexity index is 1920. The Balaban J connectivity index is 1.38. The van der Waals surface area contributed by atoms with E-state index in [1.807, 2.05) is 103 Å². The van der Waals surface area contributed by atoms with Crippen LogP contribution in [0.2, 0.25) is 0 Å². The maximum absolute atomic E-state index is 8.89. The summed E-state index contributed by atoms with van der Waals surface area (Å²) in [5.41, 5.74) is 11.0. The molecule has 0 unspecified atom stereocenters. The Morgan fingerprint density at radius 3 is 1.77 bits per heavy atom. The molecule has 4 nitrogen and oxygen atoms in total. The number of hydrogen-bond donors (Lipinski definition) is 2. The molecule has 0 saturated carbocycles. The van der Waals surface area contributed by atoms with Crippen molar-refractivity contribution in [3.05, 3.63) is 174 Å². The summed E-state index contributed by atoms with van der Waals surface area (Å²) in [4.78, 5) is 9.98. The average molecular weight is 553 g/mol. The highest BCUT2D eigenvalue weighted by atomic mass is 14.9. The van der Waals surface area contributed by atoms with Crippen LogP contribution in [0.5, 0.6) is 0 Å². The molecule has 0 saturated heterocycles. The second-order valence-electron chi connectivity index (χ2n) is 10.4. The summed E-state index contributed by atoms with van der Waals surface area (Å²) in [6.07, 6.45) is 4.08. The molecule has 4 heteroatoms. The van der Waals surface area contributed by atoms with Gasteiger partial charge in [0, 0.05) is 33.6 Å².